The third kappa shape index (κ3) is 4.63. The van der Waals surface area contributed by atoms with Crippen molar-refractivity contribution in [3.63, 3.8) is 0 Å². The highest BCUT2D eigenvalue weighted by Crippen LogP contribution is 2.21. The van der Waals surface area contributed by atoms with E-state index in [1.807, 2.05) is 0 Å². The third-order valence-electron chi connectivity index (χ3n) is 2.92. The molecule has 0 saturated carbocycles. The molecule has 1 nitrogen and oxygen atoms in total. The van der Waals surface area contributed by atoms with Gasteiger partial charge >= 0.3 is 0 Å². The van der Waals surface area contributed by atoms with Crippen molar-refractivity contribution in [1.82, 2.24) is 5.32 Å². The molecule has 1 N–H and O–H groups in total. The molecule has 0 aliphatic heterocycles. The van der Waals surface area contributed by atoms with Gasteiger partial charge < -0.3 is 0 Å². The van der Waals surface area contributed by atoms with E-state index in [9.17, 15) is 0 Å². The second-order valence-corrected chi connectivity index (χ2v) is 4.89. The first-order valence-electron chi connectivity index (χ1n) is 6.44. The molecular weight excluding hydrogens is 206 g/mol. The van der Waals surface area contributed by atoms with Crippen molar-refractivity contribution in [2.75, 3.05) is 0 Å². The first kappa shape index (κ1) is 13.8. The molecule has 2 atom stereocenters. The topological polar surface area (TPSA) is 12.0 Å². The normalized spacial score (nSPS) is 14.3. The van der Waals surface area contributed by atoms with Crippen LogP contribution in [0.4, 0.5) is 0 Å². The number of nitrogens with one attached hydrogen (secondary N) is 1. The Kier molecular flexibility index (Phi) is 5.80. The lowest BCUT2D eigenvalue weighted by atomic mass is 9.96. The van der Waals surface area contributed by atoms with Gasteiger partial charge in [-0.25, -0.2) is 0 Å². The fraction of sp³-hybridized carbons (Fsp3) is 0.500. The largest absolute Gasteiger partial charge is 0.297 e. The summed E-state index contributed by atoms with van der Waals surface area (Å²) >= 11 is 0. The number of terminal acetylenes is 1. The minimum Gasteiger partial charge on any atom is -0.297 e. The van der Waals surface area contributed by atoms with Gasteiger partial charge in [0.25, 0.3) is 0 Å². The van der Waals surface area contributed by atoms with Gasteiger partial charge in [-0.1, -0.05) is 57.0 Å². The van der Waals surface area contributed by atoms with Gasteiger partial charge in [0.1, 0.15) is 0 Å². The van der Waals surface area contributed by atoms with E-state index in [2.05, 4.69) is 62.3 Å². The predicted octanol–water partition coefficient (Wildman–Crippen LogP) is 3.78. The summed E-state index contributed by atoms with van der Waals surface area (Å²) in [7, 11) is 0. The molecule has 17 heavy (non-hydrogen) atoms. The maximum atomic E-state index is 5.53. The van der Waals surface area contributed by atoms with Crippen LogP contribution in [0.25, 0.3) is 0 Å². The van der Waals surface area contributed by atoms with Gasteiger partial charge in [0, 0.05) is 6.04 Å². The zero-order valence-corrected chi connectivity index (χ0v) is 11.1. The summed E-state index contributed by atoms with van der Waals surface area (Å²) in [6.45, 7) is 6.61. The fourth-order valence-corrected chi connectivity index (χ4v) is 1.98. The van der Waals surface area contributed by atoms with Crippen LogP contribution in [0, 0.1) is 18.3 Å². The molecule has 0 amide bonds. The van der Waals surface area contributed by atoms with Crippen molar-refractivity contribution >= 4 is 0 Å². The van der Waals surface area contributed by atoms with Crippen LogP contribution in [0.3, 0.4) is 0 Å². The summed E-state index contributed by atoms with van der Waals surface area (Å²) in [5.74, 6) is 3.47. The van der Waals surface area contributed by atoms with E-state index >= 15 is 0 Å². The van der Waals surface area contributed by atoms with Gasteiger partial charge in [0.05, 0.1) is 6.04 Å². The molecule has 0 aliphatic carbocycles. The molecule has 0 radical (unpaired) electrons. The van der Waals surface area contributed by atoms with Crippen molar-refractivity contribution in [3.05, 3.63) is 35.9 Å². The zero-order chi connectivity index (χ0) is 12.7. The molecule has 0 spiro atoms. The molecule has 0 saturated heterocycles. The maximum Gasteiger partial charge on any atom is 0.0689 e. The van der Waals surface area contributed by atoms with Crippen molar-refractivity contribution in [1.29, 1.82) is 0 Å². The Morgan fingerprint density at radius 1 is 1.24 bits per heavy atom. The van der Waals surface area contributed by atoms with E-state index in [1.54, 1.807) is 0 Å². The smallest absolute Gasteiger partial charge is 0.0689 e. The van der Waals surface area contributed by atoms with E-state index in [0.717, 1.165) is 12.8 Å². The van der Waals surface area contributed by atoms with E-state index in [-0.39, 0.29) is 6.04 Å². The van der Waals surface area contributed by atoms with Gasteiger partial charge in [-0.2, -0.15) is 0 Å². The quantitative estimate of drug-likeness (QED) is 0.732. The molecule has 0 aromatic heterocycles. The molecule has 0 heterocycles. The average Bonchev–Trinajstić information content (AvgIpc) is 2.35. The van der Waals surface area contributed by atoms with Crippen LogP contribution in [0.1, 0.15) is 45.2 Å². The highest BCUT2D eigenvalue weighted by atomic mass is 14.9. The molecule has 0 bridgehead atoms. The number of hydrogen-bond acceptors (Lipinski definition) is 1. The number of benzene rings is 1. The molecule has 0 fully saturated rings. The summed E-state index contributed by atoms with van der Waals surface area (Å²) in [4.78, 5) is 0. The molecule has 1 heteroatoms. The Morgan fingerprint density at radius 3 is 2.35 bits per heavy atom. The van der Waals surface area contributed by atoms with Crippen LogP contribution in [-0.4, -0.2) is 6.04 Å². The SMILES string of the molecule is C#CC(CC)NC(CC(C)C)c1ccccc1. The molecule has 1 aromatic carbocycles. The Bertz CT molecular complexity index is 348. The van der Waals surface area contributed by atoms with Crippen LogP contribution in [0.15, 0.2) is 30.3 Å². The lowest BCUT2D eigenvalue weighted by Gasteiger charge is -2.24. The van der Waals surface area contributed by atoms with Crippen molar-refractivity contribution < 1.29 is 0 Å². The second-order valence-electron chi connectivity index (χ2n) is 4.89. The highest BCUT2D eigenvalue weighted by molar-refractivity contribution is 5.19. The summed E-state index contributed by atoms with van der Waals surface area (Å²) in [5.41, 5.74) is 1.33. The highest BCUT2D eigenvalue weighted by Gasteiger charge is 2.15. The molecule has 1 aromatic rings. The zero-order valence-electron chi connectivity index (χ0n) is 11.1. The average molecular weight is 229 g/mol. The van der Waals surface area contributed by atoms with Crippen LogP contribution >= 0.6 is 0 Å². The van der Waals surface area contributed by atoms with E-state index < -0.39 is 0 Å². The summed E-state index contributed by atoms with van der Waals surface area (Å²) in [6.07, 6.45) is 7.61. The Hall–Kier alpha value is -1.26. The molecule has 1 rings (SSSR count). The maximum absolute atomic E-state index is 5.53. The number of rotatable bonds is 6. The second kappa shape index (κ2) is 7.14. The monoisotopic (exact) mass is 229 g/mol. The van der Waals surface area contributed by atoms with Gasteiger partial charge in [-0.3, -0.25) is 5.32 Å². The first-order valence-corrected chi connectivity index (χ1v) is 6.44. The standard InChI is InChI=1S/C16H23N/c1-5-15(6-2)17-16(12-13(3)4)14-10-8-7-9-11-14/h1,7-11,13,15-17H,6,12H2,2-4H3. The fourth-order valence-electron chi connectivity index (χ4n) is 1.98. The van der Waals surface area contributed by atoms with Gasteiger partial charge in [0.2, 0.25) is 0 Å². The Morgan fingerprint density at radius 2 is 1.88 bits per heavy atom. The van der Waals surface area contributed by atoms with Crippen LogP contribution in [0.5, 0.6) is 0 Å². The van der Waals surface area contributed by atoms with Crippen molar-refractivity contribution in [2.24, 2.45) is 5.92 Å². The third-order valence-corrected chi connectivity index (χ3v) is 2.92. The van der Waals surface area contributed by atoms with Gasteiger partial charge in [-0.15, -0.1) is 6.42 Å². The van der Waals surface area contributed by atoms with Gasteiger partial charge in [0.15, 0.2) is 0 Å². The Balaban J connectivity index is 2.78. The summed E-state index contributed by atoms with van der Waals surface area (Å²) < 4.78 is 0. The number of hydrogen-bond donors (Lipinski definition) is 1. The lowest BCUT2D eigenvalue weighted by molar-refractivity contribution is 0.405. The van der Waals surface area contributed by atoms with E-state index in [4.69, 9.17) is 6.42 Å². The molecule has 0 aliphatic rings. The van der Waals surface area contributed by atoms with Gasteiger partial charge in [-0.05, 0) is 24.3 Å². The molecule has 92 valence electrons. The lowest BCUT2D eigenvalue weighted by Crippen LogP contribution is -2.32. The van der Waals surface area contributed by atoms with Crippen LogP contribution < -0.4 is 5.32 Å². The van der Waals surface area contributed by atoms with Crippen molar-refractivity contribution in [3.8, 4) is 12.3 Å². The summed E-state index contributed by atoms with van der Waals surface area (Å²) in [6, 6.07) is 11.1. The first-order chi connectivity index (χ1) is 8.17. The Labute approximate surface area is 106 Å². The van der Waals surface area contributed by atoms with Crippen LogP contribution in [0.2, 0.25) is 0 Å². The minimum absolute atomic E-state index is 0.166. The van der Waals surface area contributed by atoms with E-state index in [1.165, 1.54) is 5.56 Å². The van der Waals surface area contributed by atoms with Crippen molar-refractivity contribution in [2.45, 2.75) is 45.7 Å². The van der Waals surface area contributed by atoms with E-state index in [0.29, 0.717) is 12.0 Å². The summed E-state index contributed by atoms with van der Waals surface area (Å²) in [5, 5.41) is 3.56. The van der Waals surface area contributed by atoms with Crippen LogP contribution in [-0.2, 0) is 0 Å². The molecule has 2 unspecified atom stereocenters. The minimum atomic E-state index is 0.166. The predicted molar refractivity (Wildman–Crippen MR) is 74.7 cm³/mol. The molecular formula is C16H23N.